The molecular formula is C12H23NO2. The summed E-state index contributed by atoms with van der Waals surface area (Å²) in [7, 11) is 0. The normalized spacial score (nSPS) is 19.7. The average molecular weight is 213 g/mol. The fourth-order valence-corrected chi connectivity index (χ4v) is 2.62. The van der Waals surface area contributed by atoms with Crippen LogP contribution in [0.3, 0.4) is 0 Å². The Balaban J connectivity index is 2.54. The SMILES string of the molecule is CCCC(C)N(CC(=O)O)C1CCCC1. The van der Waals surface area contributed by atoms with Gasteiger partial charge in [0.1, 0.15) is 0 Å². The van der Waals surface area contributed by atoms with Crippen LogP contribution >= 0.6 is 0 Å². The first-order chi connectivity index (χ1) is 7.15. The van der Waals surface area contributed by atoms with E-state index >= 15 is 0 Å². The van der Waals surface area contributed by atoms with Crippen molar-refractivity contribution in [3.8, 4) is 0 Å². The van der Waals surface area contributed by atoms with Crippen LogP contribution in [0.1, 0.15) is 52.4 Å². The van der Waals surface area contributed by atoms with Crippen LogP contribution in [-0.2, 0) is 4.79 Å². The first-order valence-corrected chi connectivity index (χ1v) is 6.12. The van der Waals surface area contributed by atoms with Crippen LogP contribution in [0.4, 0.5) is 0 Å². The summed E-state index contributed by atoms with van der Waals surface area (Å²) in [5.41, 5.74) is 0. The van der Waals surface area contributed by atoms with Crippen LogP contribution in [0.15, 0.2) is 0 Å². The maximum absolute atomic E-state index is 10.8. The molecule has 1 atom stereocenters. The Morgan fingerprint density at radius 2 is 2.07 bits per heavy atom. The first-order valence-electron chi connectivity index (χ1n) is 6.12. The number of carboxylic acid groups (broad SMARTS) is 1. The Kier molecular flexibility index (Phi) is 5.09. The van der Waals surface area contributed by atoms with E-state index in [1.54, 1.807) is 0 Å². The maximum Gasteiger partial charge on any atom is 0.317 e. The van der Waals surface area contributed by atoms with Gasteiger partial charge in [0.2, 0.25) is 0 Å². The van der Waals surface area contributed by atoms with Gasteiger partial charge in [0.15, 0.2) is 0 Å². The zero-order valence-corrected chi connectivity index (χ0v) is 9.91. The number of hydrogen-bond acceptors (Lipinski definition) is 2. The molecule has 1 N–H and O–H groups in total. The van der Waals surface area contributed by atoms with Crippen LogP contribution in [0.5, 0.6) is 0 Å². The highest BCUT2D eigenvalue weighted by Gasteiger charge is 2.27. The molecule has 1 aliphatic rings. The van der Waals surface area contributed by atoms with Gasteiger partial charge in [0.05, 0.1) is 6.54 Å². The molecule has 1 rings (SSSR count). The van der Waals surface area contributed by atoms with E-state index < -0.39 is 5.97 Å². The lowest BCUT2D eigenvalue weighted by Gasteiger charge is -2.33. The monoisotopic (exact) mass is 213 g/mol. The molecule has 0 aromatic rings. The van der Waals surface area contributed by atoms with Crippen molar-refractivity contribution in [1.82, 2.24) is 4.90 Å². The molecule has 1 saturated carbocycles. The number of nitrogens with zero attached hydrogens (tertiary/aromatic N) is 1. The molecule has 0 amide bonds. The highest BCUT2D eigenvalue weighted by molar-refractivity contribution is 5.69. The molecule has 0 radical (unpaired) electrons. The largest absolute Gasteiger partial charge is 0.480 e. The van der Waals surface area contributed by atoms with Crippen molar-refractivity contribution in [2.75, 3.05) is 6.54 Å². The molecule has 1 aliphatic carbocycles. The van der Waals surface area contributed by atoms with Gasteiger partial charge < -0.3 is 5.11 Å². The second-order valence-electron chi connectivity index (χ2n) is 4.64. The molecule has 0 aromatic heterocycles. The lowest BCUT2D eigenvalue weighted by Crippen LogP contribution is -2.43. The Morgan fingerprint density at radius 1 is 1.47 bits per heavy atom. The molecule has 1 fully saturated rings. The minimum Gasteiger partial charge on any atom is -0.480 e. The Morgan fingerprint density at radius 3 is 2.53 bits per heavy atom. The molecule has 0 saturated heterocycles. The number of carbonyl (C=O) groups is 1. The summed E-state index contributed by atoms with van der Waals surface area (Å²) < 4.78 is 0. The standard InChI is InChI=1S/C12H23NO2/c1-3-6-10(2)13(9-12(14)15)11-7-4-5-8-11/h10-11H,3-9H2,1-2H3,(H,14,15). The van der Waals surface area contributed by atoms with Crippen LogP contribution in [-0.4, -0.2) is 34.6 Å². The summed E-state index contributed by atoms with van der Waals surface area (Å²) >= 11 is 0. The smallest absolute Gasteiger partial charge is 0.317 e. The van der Waals surface area contributed by atoms with E-state index in [1.165, 1.54) is 25.7 Å². The average Bonchev–Trinajstić information content (AvgIpc) is 2.66. The van der Waals surface area contributed by atoms with Crippen molar-refractivity contribution < 1.29 is 9.90 Å². The first kappa shape index (κ1) is 12.5. The molecule has 88 valence electrons. The number of carboxylic acids is 1. The Hall–Kier alpha value is -0.570. The van der Waals surface area contributed by atoms with E-state index in [-0.39, 0.29) is 6.54 Å². The van der Waals surface area contributed by atoms with Crippen LogP contribution in [0.2, 0.25) is 0 Å². The quantitative estimate of drug-likeness (QED) is 0.737. The molecule has 0 spiro atoms. The second kappa shape index (κ2) is 6.11. The fraction of sp³-hybridized carbons (Fsp3) is 0.917. The second-order valence-corrected chi connectivity index (χ2v) is 4.64. The van der Waals surface area contributed by atoms with Crippen LogP contribution in [0, 0.1) is 0 Å². The third-order valence-corrected chi connectivity index (χ3v) is 3.38. The Bertz CT molecular complexity index is 200. The van der Waals surface area contributed by atoms with Crippen molar-refractivity contribution >= 4 is 5.97 Å². The predicted molar refractivity (Wildman–Crippen MR) is 61.0 cm³/mol. The van der Waals surface area contributed by atoms with Crippen molar-refractivity contribution in [3.05, 3.63) is 0 Å². The number of rotatable bonds is 6. The van der Waals surface area contributed by atoms with Gasteiger partial charge in [-0.2, -0.15) is 0 Å². The topological polar surface area (TPSA) is 40.5 Å². The molecule has 0 heterocycles. The minimum absolute atomic E-state index is 0.214. The molecule has 0 aromatic carbocycles. The Labute approximate surface area is 92.5 Å². The maximum atomic E-state index is 10.8. The summed E-state index contributed by atoms with van der Waals surface area (Å²) in [5.74, 6) is -0.690. The van der Waals surface area contributed by atoms with Crippen LogP contribution < -0.4 is 0 Å². The molecular weight excluding hydrogens is 190 g/mol. The lowest BCUT2D eigenvalue weighted by molar-refractivity contribution is -0.139. The van der Waals surface area contributed by atoms with Crippen molar-refractivity contribution in [3.63, 3.8) is 0 Å². The third-order valence-electron chi connectivity index (χ3n) is 3.38. The minimum atomic E-state index is -0.690. The molecule has 3 heteroatoms. The van der Waals surface area contributed by atoms with Crippen molar-refractivity contribution in [2.24, 2.45) is 0 Å². The van der Waals surface area contributed by atoms with E-state index in [4.69, 9.17) is 5.11 Å². The summed E-state index contributed by atoms with van der Waals surface area (Å²) in [4.78, 5) is 13.0. The molecule has 0 bridgehead atoms. The highest BCUT2D eigenvalue weighted by atomic mass is 16.4. The molecule has 15 heavy (non-hydrogen) atoms. The van der Waals surface area contributed by atoms with Gasteiger partial charge in [-0.25, -0.2) is 0 Å². The summed E-state index contributed by atoms with van der Waals surface area (Å²) in [6.45, 7) is 4.53. The van der Waals surface area contributed by atoms with Gasteiger partial charge in [-0.1, -0.05) is 26.2 Å². The van der Waals surface area contributed by atoms with E-state index in [0.29, 0.717) is 12.1 Å². The van der Waals surface area contributed by atoms with Gasteiger partial charge in [-0.3, -0.25) is 9.69 Å². The van der Waals surface area contributed by atoms with E-state index in [1.807, 2.05) is 0 Å². The van der Waals surface area contributed by atoms with Crippen molar-refractivity contribution in [2.45, 2.75) is 64.5 Å². The highest BCUT2D eigenvalue weighted by Crippen LogP contribution is 2.25. The van der Waals surface area contributed by atoms with Crippen molar-refractivity contribution in [1.29, 1.82) is 0 Å². The van der Waals surface area contributed by atoms with Gasteiger partial charge >= 0.3 is 5.97 Å². The summed E-state index contributed by atoms with van der Waals surface area (Å²) in [5, 5.41) is 8.92. The molecule has 1 unspecified atom stereocenters. The van der Waals surface area contributed by atoms with Gasteiger partial charge in [-0.05, 0) is 26.2 Å². The van der Waals surface area contributed by atoms with Gasteiger partial charge in [-0.15, -0.1) is 0 Å². The van der Waals surface area contributed by atoms with Crippen LogP contribution in [0.25, 0.3) is 0 Å². The number of aliphatic carboxylic acids is 1. The molecule has 3 nitrogen and oxygen atoms in total. The zero-order valence-electron chi connectivity index (χ0n) is 9.91. The lowest BCUT2D eigenvalue weighted by atomic mass is 10.1. The predicted octanol–water partition coefficient (Wildman–Crippen LogP) is 2.50. The van der Waals surface area contributed by atoms with E-state index in [0.717, 1.165) is 12.8 Å². The zero-order chi connectivity index (χ0) is 11.3. The number of hydrogen-bond donors (Lipinski definition) is 1. The van der Waals surface area contributed by atoms with E-state index in [9.17, 15) is 4.79 Å². The summed E-state index contributed by atoms with van der Waals surface area (Å²) in [6, 6.07) is 0.928. The van der Waals surface area contributed by atoms with E-state index in [2.05, 4.69) is 18.7 Å². The van der Waals surface area contributed by atoms with Gasteiger partial charge in [0.25, 0.3) is 0 Å². The molecule has 0 aliphatic heterocycles. The fourth-order valence-electron chi connectivity index (χ4n) is 2.62. The summed E-state index contributed by atoms with van der Waals surface area (Å²) in [6.07, 6.45) is 7.12. The third kappa shape index (κ3) is 3.82. The van der Waals surface area contributed by atoms with Gasteiger partial charge in [0, 0.05) is 12.1 Å².